The SMILES string of the molecule is CC(=O)NC(Cc1ccc(CC(=O)OC(C)(C)C)cc1)C(=O)O. The van der Waals surface area contributed by atoms with Gasteiger partial charge in [0.1, 0.15) is 11.6 Å². The molecular formula is C17H23NO5. The highest BCUT2D eigenvalue weighted by Gasteiger charge is 2.19. The molecule has 2 N–H and O–H groups in total. The maximum atomic E-state index is 11.8. The van der Waals surface area contributed by atoms with E-state index in [1.807, 2.05) is 20.8 Å². The van der Waals surface area contributed by atoms with Gasteiger partial charge in [0.05, 0.1) is 6.42 Å². The second-order valence-electron chi connectivity index (χ2n) is 6.38. The number of amides is 1. The Labute approximate surface area is 135 Å². The fraction of sp³-hybridized carbons (Fsp3) is 0.471. The van der Waals surface area contributed by atoms with Crippen molar-refractivity contribution < 1.29 is 24.2 Å². The molecule has 1 aromatic carbocycles. The molecule has 0 saturated carbocycles. The van der Waals surface area contributed by atoms with Gasteiger partial charge in [-0.2, -0.15) is 0 Å². The number of rotatable bonds is 6. The Morgan fingerprint density at radius 3 is 2.09 bits per heavy atom. The predicted molar refractivity (Wildman–Crippen MR) is 84.9 cm³/mol. The van der Waals surface area contributed by atoms with Gasteiger partial charge in [-0.3, -0.25) is 9.59 Å². The fourth-order valence-electron chi connectivity index (χ4n) is 2.02. The number of ether oxygens (including phenoxy) is 1. The lowest BCUT2D eigenvalue weighted by atomic mass is 10.0. The maximum Gasteiger partial charge on any atom is 0.326 e. The van der Waals surface area contributed by atoms with E-state index in [9.17, 15) is 14.4 Å². The normalized spacial score (nSPS) is 12.3. The summed E-state index contributed by atoms with van der Waals surface area (Å²) in [6, 6.07) is 6.04. The lowest BCUT2D eigenvalue weighted by molar-refractivity contribution is -0.154. The molecular weight excluding hydrogens is 298 g/mol. The van der Waals surface area contributed by atoms with Gasteiger partial charge < -0.3 is 15.2 Å². The number of carbonyl (C=O) groups excluding carboxylic acids is 2. The average molecular weight is 321 g/mol. The van der Waals surface area contributed by atoms with Crippen LogP contribution in [0.1, 0.15) is 38.8 Å². The number of esters is 1. The molecule has 1 atom stereocenters. The van der Waals surface area contributed by atoms with Crippen LogP contribution in [0.2, 0.25) is 0 Å². The number of nitrogens with one attached hydrogen (secondary N) is 1. The van der Waals surface area contributed by atoms with Crippen LogP contribution in [0.4, 0.5) is 0 Å². The summed E-state index contributed by atoms with van der Waals surface area (Å²) in [6.07, 6.45) is 0.341. The molecule has 0 fully saturated rings. The summed E-state index contributed by atoms with van der Waals surface area (Å²) in [4.78, 5) is 33.9. The minimum Gasteiger partial charge on any atom is -0.480 e. The Morgan fingerprint density at radius 1 is 1.13 bits per heavy atom. The van der Waals surface area contributed by atoms with Crippen molar-refractivity contribution in [2.24, 2.45) is 0 Å². The summed E-state index contributed by atoms with van der Waals surface area (Å²) in [6.45, 7) is 6.70. The van der Waals surface area contributed by atoms with Gasteiger partial charge in [0.15, 0.2) is 0 Å². The molecule has 0 bridgehead atoms. The number of hydrogen-bond acceptors (Lipinski definition) is 4. The Morgan fingerprint density at radius 2 is 1.65 bits per heavy atom. The first-order chi connectivity index (χ1) is 10.6. The lowest BCUT2D eigenvalue weighted by Gasteiger charge is -2.19. The molecule has 6 heteroatoms. The quantitative estimate of drug-likeness (QED) is 0.778. The van der Waals surface area contributed by atoms with E-state index in [-0.39, 0.29) is 24.7 Å². The predicted octanol–water partition coefficient (Wildman–Crippen LogP) is 1.70. The lowest BCUT2D eigenvalue weighted by Crippen LogP contribution is -2.41. The van der Waals surface area contributed by atoms with E-state index in [1.165, 1.54) is 6.92 Å². The summed E-state index contributed by atoms with van der Waals surface area (Å²) in [7, 11) is 0. The van der Waals surface area contributed by atoms with Crippen LogP contribution in [0.5, 0.6) is 0 Å². The summed E-state index contributed by atoms with van der Waals surface area (Å²) < 4.78 is 5.25. The Bertz CT molecular complexity index is 572. The molecule has 0 spiro atoms. The molecule has 1 unspecified atom stereocenters. The molecule has 1 aromatic rings. The minimum atomic E-state index is -1.09. The summed E-state index contributed by atoms with van der Waals surface area (Å²) in [5, 5.41) is 11.5. The van der Waals surface area contributed by atoms with E-state index in [2.05, 4.69) is 5.32 Å². The highest BCUT2D eigenvalue weighted by atomic mass is 16.6. The Kier molecular flexibility index (Phi) is 6.30. The molecule has 126 valence electrons. The molecule has 0 aliphatic rings. The molecule has 23 heavy (non-hydrogen) atoms. The van der Waals surface area contributed by atoms with E-state index >= 15 is 0 Å². The first-order valence-electron chi connectivity index (χ1n) is 7.36. The minimum absolute atomic E-state index is 0.158. The van der Waals surface area contributed by atoms with Crippen LogP contribution in [0, 0.1) is 0 Å². The van der Waals surface area contributed by atoms with Crippen molar-refractivity contribution in [3.05, 3.63) is 35.4 Å². The van der Waals surface area contributed by atoms with Gasteiger partial charge in [0.2, 0.25) is 5.91 Å². The number of carbonyl (C=O) groups is 3. The molecule has 0 radical (unpaired) electrons. The topological polar surface area (TPSA) is 92.7 Å². The van der Waals surface area contributed by atoms with Gasteiger partial charge in [-0.05, 0) is 31.9 Å². The molecule has 0 saturated heterocycles. The highest BCUT2D eigenvalue weighted by molar-refractivity contribution is 5.82. The first kappa shape index (κ1) is 18.7. The van der Waals surface area contributed by atoms with Gasteiger partial charge in [0.25, 0.3) is 0 Å². The number of carboxylic acids is 1. The Balaban J connectivity index is 2.67. The molecule has 6 nitrogen and oxygen atoms in total. The van der Waals surface area contributed by atoms with Crippen molar-refractivity contribution in [1.82, 2.24) is 5.32 Å². The summed E-state index contributed by atoms with van der Waals surface area (Å²) in [5.41, 5.74) is 1.03. The smallest absolute Gasteiger partial charge is 0.326 e. The van der Waals surface area contributed by atoms with Crippen LogP contribution >= 0.6 is 0 Å². The first-order valence-corrected chi connectivity index (χ1v) is 7.36. The molecule has 0 aliphatic carbocycles. The number of benzene rings is 1. The summed E-state index contributed by atoms with van der Waals surface area (Å²) >= 11 is 0. The van der Waals surface area contributed by atoms with Crippen LogP contribution < -0.4 is 5.32 Å². The van der Waals surface area contributed by atoms with E-state index in [4.69, 9.17) is 9.84 Å². The molecule has 0 aliphatic heterocycles. The van der Waals surface area contributed by atoms with Crippen molar-refractivity contribution >= 4 is 17.8 Å². The van der Waals surface area contributed by atoms with Crippen LogP contribution in [-0.2, 0) is 32.0 Å². The third kappa shape index (κ3) is 7.44. The van der Waals surface area contributed by atoms with E-state index in [0.717, 1.165) is 11.1 Å². The fourth-order valence-corrected chi connectivity index (χ4v) is 2.02. The van der Waals surface area contributed by atoms with Gasteiger partial charge in [-0.1, -0.05) is 24.3 Å². The van der Waals surface area contributed by atoms with E-state index < -0.39 is 17.6 Å². The molecule has 0 aromatic heterocycles. The van der Waals surface area contributed by atoms with Crippen molar-refractivity contribution in [1.29, 1.82) is 0 Å². The van der Waals surface area contributed by atoms with Crippen LogP contribution in [-0.4, -0.2) is 34.6 Å². The van der Waals surface area contributed by atoms with Gasteiger partial charge in [-0.15, -0.1) is 0 Å². The van der Waals surface area contributed by atoms with Crippen molar-refractivity contribution in [2.75, 3.05) is 0 Å². The third-order valence-electron chi connectivity index (χ3n) is 2.91. The largest absolute Gasteiger partial charge is 0.480 e. The monoisotopic (exact) mass is 321 g/mol. The van der Waals surface area contributed by atoms with Crippen LogP contribution in [0.25, 0.3) is 0 Å². The second-order valence-corrected chi connectivity index (χ2v) is 6.38. The van der Waals surface area contributed by atoms with Crippen molar-refractivity contribution in [2.45, 2.75) is 52.2 Å². The number of aliphatic carboxylic acids is 1. The van der Waals surface area contributed by atoms with Crippen LogP contribution in [0.3, 0.4) is 0 Å². The summed E-state index contributed by atoms with van der Waals surface area (Å²) in [5.74, 6) is -1.79. The number of hydrogen-bond donors (Lipinski definition) is 2. The maximum absolute atomic E-state index is 11.8. The average Bonchev–Trinajstić information content (AvgIpc) is 2.37. The zero-order valence-electron chi connectivity index (χ0n) is 13.9. The second kappa shape index (κ2) is 7.76. The molecule has 1 rings (SSSR count). The highest BCUT2D eigenvalue weighted by Crippen LogP contribution is 2.12. The van der Waals surface area contributed by atoms with Gasteiger partial charge in [-0.25, -0.2) is 4.79 Å². The zero-order chi connectivity index (χ0) is 17.6. The van der Waals surface area contributed by atoms with E-state index in [0.29, 0.717) is 0 Å². The van der Waals surface area contributed by atoms with Gasteiger partial charge in [0, 0.05) is 13.3 Å². The Hall–Kier alpha value is -2.37. The number of carboxylic acid groups (broad SMARTS) is 1. The van der Waals surface area contributed by atoms with Crippen LogP contribution in [0.15, 0.2) is 24.3 Å². The van der Waals surface area contributed by atoms with Crippen molar-refractivity contribution in [3.8, 4) is 0 Å². The third-order valence-corrected chi connectivity index (χ3v) is 2.91. The molecule has 0 heterocycles. The van der Waals surface area contributed by atoms with Gasteiger partial charge >= 0.3 is 11.9 Å². The zero-order valence-corrected chi connectivity index (χ0v) is 13.9. The van der Waals surface area contributed by atoms with E-state index in [1.54, 1.807) is 24.3 Å². The van der Waals surface area contributed by atoms with Crippen molar-refractivity contribution in [3.63, 3.8) is 0 Å². The standard InChI is InChI=1S/C17H23NO5/c1-11(19)18-14(16(21)22)9-12-5-7-13(8-6-12)10-15(20)23-17(2,3)4/h5-8,14H,9-10H2,1-4H3,(H,18,19)(H,21,22). The molecule has 1 amide bonds.